The largest absolute Gasteiger partial charge is 0.416 e. The van der Waals surface area contributed by atoms with E-state index in [1.165, 1.54) is 18.3 Å². The molecule has 1 fully saturated rings. The van der Waals surface area contributed by atoms with Gasteiger partial charge in [0.15, 0.2) is 0 Å². The normalized spacial score (nSPS) is 15.0. The van der Waals surface area contributed by atoms with Gasteiger partial charge in [-0.05, 0) is 24.3 Å². The van der Waals surface area contributed by atoms with E-state index in [4.69, 9.17) is 0 Å². The summed E-state index contributed by atoms with van der Waals surface area (Å²) in [6, 6.07) is 6.44. The minimum atomic E-state index is -4.46. The summed E-state index contributed by atoms with van der Waals surface area (Å²) >= 11 is 1.84. The van der Waals surface area contributed by atoms with Crippen LogP contribution in [-0.2, 0) is 6.18 Å². The highest BCUT2D eigenvalue weighted by Gasteiger charge is 2.30. The molecule has 0 saturated carbocycles. The Bertz CT molecular complexity index is 1060. The standard InChI is InChI=1S/C18H16F3N5OS/c19-18(20,21)11-2-1-3-12(10-11)23-15-14-13(4-5-22-16(14)27)24-17(25-15)26-6-8-28-9-7-26/h1-5,10H,6-9H2,(H,22,27)(H,23,24,25). The maximum Gasteiger partial charge on any atom is 0.416 e. The van der Waals surface area contributed by atoms with Crippen LogP contribution in [0.5, 0.6) is 0 Å². The number of nitrogens with one attached hydrogen (secondary N) is 2. The van der Waals surface area contributed by atoms with Gasteiger partial charge in [-0.1, -0.05) is 6.07 Å². The predicted octanol–water partition coefficient (Wildman–Crippen LogP) is 3.63. The van der Waals surface area contributed by atoms with Gasteiger partial charge in [-0.2, -0.15) is 29.9 Å². The Hall–Kier alpha value is -2.75. The van der Waals surface area contributed by atoms with Crippen LogP contribution >= 0.6 is 11.8 Å². The van der Waals surface area contributed by atoms with Crippen molar-refractivity contribution in [3.63, 3.8) is 0 Å². The molecule has 146 valence electrons. The summed E-state index contributed by atoms with van der Waals surface area (Å²) in [7, 11) is 0. The molecule has 28 heavy (non-hydrogen) atoms. The van der Waals surface area contributed by atoms with Gasteiger partial charge in [0.1, 0.15) is 11.2 Å². The van der Waals surface area contributed by atoms with Crippen molar-refractivity contribution in [1.29, 1.82) is 0 Å². The third-order valence-corrected chi connectivity index (χ3v) is 5.30. The molecule has 4 rings (SSSR count). The van der Waals surface area contributed by atoms with E-state index < -0.39 is 17.3 Å². The Morgan fingerprint density at radius 3 is 2.68 bits per heavy atom. The Kier molecular flexibility index (Phi) is 4.88. The molecule has 1 aliphatic rings. The second kappa shape index (κ2) is 7.34. The van der Waals surface area contributed by atoms with Crippen LogP contribution in [0, 0.1) is 0 Å². The number of nitrogens with zero attached hydrogens (tertiary/aromatic N) is 3. The molecule has 2 N–H and O–H groups in total. The molecule has 10 heteroatoms. The van der Waals surface area contributed by atoms with Gasteiger partial charge in [0.2, 0.25) is 5.95 Å². The lowest BCUT2D eigenvalue weighted by molar-refractivity contribution is -0.137. The molecule has 1 aliphatic heterocycles. The smallest absolute Gasteiger partial charge is 0.339 e. The van der Waals surface area contributed by atoms with Crippen LogP contribution in [0.1, 0.15) is 5.56 Å². The van der Waals surface area contributed by atoms with Gasteiger partial charge in [-0.15, -0.1) is 0 Å². The van der Waals surface area contributed by atoms with E-state index in [1.807, 2.05) is 16.7 Å². The average molecular weight is 407 g/mol. The predicted molar refractivity (Wildman–Crippen MR) is 104 cm³/mol. The van der Waals surface area contributed by atoms with Crippen molar-refractivity contribution in [2.75, 3.05) is 34.8 Å². The topological polar surface area (TPSA) is 73.9 Å². The van der Waals surface area contributed by atoms with E-state index in [0.717, 1.165) is 36.7 Å². The van der Waals surface area contributed by atoms with Crippen LogP contribution in [0.15, 0.2) is 41.3 Å². The highest BCUT2D eigenvalue weighted by Crippen LogP contribution is 2.32. The monoisotopic (exact) mass is 407 g/mol. The molecule has 0 radical (unpaired) electrons. The van der Waals surface area contributed by atoms with Crippen molar-refractivity contribution >= 4 is 40.1 Å². The molecule has 0 unspecified atom stereocenters. The van der Waals surface area contributed by atoms with Crippen LogP contribution in [0.25, 0.3) is 10.9 Å². The lowest BCUT2D eigenvalue weighted by Crippen LogP contribution is -2.34. The zero-order valence-corrected chi connectivity index (χ0v) is 15.4. The Morgan fingerprint density at radius 2 is 1.93 bits per heavy atom. The van der Waals surface area contributed by atoms with Gasteiger partial charge in [0, 0.05) is 36.5 Å². The Morgan fingerprint density at radius 1 is 1.14 bits per heavy atom. The van der Waals surface area contributed by atoms with Crippen molar-refractivity contribution in [3.8, 4) is 0 Å². The number of aromatic nitrogens is 3. The summed E-state index contributed by atoms with van der Waals surface area (Å²) < 4.78 is 39.0. The summed E-state index contributed by atoms with van der Waals surface area (Å²) in [5.41, 5.74) is -0.564. The quantitative estimate of drug-likeness (QED) is 0.691. The summed E-state index contributed by atoms with van der Waals surface area (Å²) in [5.74, 6) is 2.51. The Balaban J connectivity index is 1.80. The highest BCUT2D eigenvalue weighted by molar-refractivity contribution is 7.99. The number of anilines is 3. The molecule has 0 spiro atoms. The summed E-state index contributed by atoms with van der Waals surface area (Å²) in [6.45, 7) is 1.53. The van der Waals surface area contributed by atoms with E-state index >= 15 is 0 Å². The number of hydrogen-bond donors (Lipinski definition) is 2. The number of rotatable bonds is 3. The third kappa shape index (κ3) is 3.77. The second-order valence-electron chi connectivity index (χ2n) is 6.24. The zero-order valence-electron chi connectivity index (χ0n) is 14.6. The first-order valence-corrected chi connectivity index (χ1v) is 9.74. The van der Waals surface area contributed by atoms with Gasteiger partial charge >= 0.3 is 6.18 Å². The fraction of sp³-hybridized carbons (Fsp3) is 0.278. The van der Waals surface area contributed by atoms with Crippen LogP contribution in [0.4, 0.5) is 30.6 Å². The number of aromatic amines is 1. The molecule has 0 atom stereocenters. The number of alkyl halides is 3. The van der Waals surface area contributed by atoms with E-state index in [9.17, 15) is 18.0 Å². The average Bonchev–Trinajstić information content (AvgIpc) is 2.68. The van der Waals surface area contributed by atoms with Crippen molar-refractivity contribution < 1.29 is 13.2 Å². The van der Waals surface area contributed by atoms with E-state index in [1.54, 1.807) is 6.07 Å². The first-order valence-electron chi connectivity index (χ1n) is 8.58. The summed E-state index contributed by atoms with van der Waals surface area (Å²) in [4.78, 5) is 25.9. The van der Waals surface area contributed by atoms with Crippen molar-refractivity contribution in [2.45, 2.75) is 6.18 Å². The lowest BCUT2D eigenvalue weighted by atomic mass is 10.2. The first kappa shape index (κ1) is 18.6. The summed E-state index contributed by atoms with van der Waals surface area (Å²) in [6.07, 6.45) is -2.97. The highest BCUT2D eigenvalue weighted by atomic mass is 32.2. The molecule has 0 bridgehead atoms. The molecule has 0 aliphatic carbocycles. The van der Waals surface area contributed by atoms with Gasteiger partial charge in [-0.3, -0.25) is 4.79 Å². The number of benzene rings is 1. The van der Waals surface area contributed by atoms with E-state index in [-0.39, 0.29) is 16.9 Å². The molecular weight excluding hydrogens is 391 g/mol. The number of fused-ring (bicyclic) bond motifs is 1. The SMILES string of the molecule is O=c1[nH]ccc2nc(N3CCSCC3)nc(Nc3cccc(C(F)(F)F)c3)c12. The number of pyridine rings is 1. The zero-order chi connectivity index (χ0) is 19.7. The molecule has 1 saturated heterocycles. The van der Waals surface area contributed by atoms with Gasteiger partial charge in [0.25, 0.3) is 5.56 Å². The first-order chi connectivity index (χ1) is 13.4. The molecule has 0 amide bonds. The molecule has 1 aromatic carbocycles. The minimum absolute atomic E-state index is 0.180. The van der Waals surface area contributed by atoms with Crippen molar-refractivity contribution in [1.82, 2.24) is 15.0 Å². The van der Waals surface area contributed by atoms with Crippen LogP contribution < -0.4 is 15.8 Å². The maximum absolute atomic E-state index is 13.0. The molecule has 6 nitrogen and oxygen atoms in total. The second-order valence-corrected chi connectivity index (χ2v) is 7.47. The maximum atomic E-state index is 13.0. The summed E-state index contributed by atoms with van der Waals surface area (Å²) in [5, 5.41) is 3.08. The molecule has 3 aromatic rings. The number of H-pyrrole nitrogens is 1. The number of thioether (sulfide) groups is 1. The fourth-order valence-electron chi connectivity index (χ4n) is 2.98. The molecular formula is C18H16F3N5OS. The number of halogens is 3. The van der Waals surface area contributed by atoms with Crippen LogP contribution in [0.3, 0.4) is 0 Å². The minimum Gasteiger partial charge on any atom is -0.339 e. The molecule has 2 aromatic heterocycles. The fourth-order valence-corrected chi connectivity index (χ4v) is 3.89. The third-order valence-electron chi connectivity index (χ3n) is 4.35. The van der Waals surface area contributed by atoms with Gasteiger partial charge < -0.3 is 15.2 Å². The lowest BCUT2D eigenvalue weighted by Gasteiger charge is -2.27. The van der Waals surface area contributed by atoms with E-state index in [2.05, 4.69) is 20.3 Å². The van der Waals surface area contributed by atoms with Crippen molar-refractivity contribution in [3.05, 3.63) is 52.4 Å². The van der Waals surface area contributed by atoms with Gasteiger partial charge in [-0.25, -0.2) is 4.98 Å². The molecule has 3 heterocycles. The Labute approximate surface area is 162 Å². The van der Waals surface area contributed by atoms with E-state index in [0.29, 0.717) is 11.5 Å². The van der Waals surface area contributed by atoms with Crippen molar-refractivity contribution in [2.24, 2.45) is 0 Å². The van der Waals surface area contributed by atoms with Crippen LogP contribution in [-0.4, -0.2) is 39.5 Å². The van der Waals surface area contributed by atoms with Crippen LogP contribution in [0.2, 0.25) is 0 Å². The van der Waals surface area contributed by atoms with Gasteiger partial charge in [0.05, 0.1) is 11.1 Å². The number of hydrogen-bond acceptors (Lipinski definition) is 6.